The van der Waals surface area contributed by atoms with E-state index >= 15 is 0 Å². The van der Waals surface area contributed by atoms with Gasteiger partial charge in [-0.15, -0.1) is 23.5 Å². The van der Waals surface area contributed by atoms with Gasteiger partial charge < -0.3 is 19.7 Å². The molecule has 2 aromatic rings. The van der Waals surface area contributed by atoms with Crippen molar-refractivity contribution in [2.45, 2.75) is 68.3 Å². The minimum atomic E-state index is -0.972. The van der Waals surface area contributed by atoms with Crippen LogP contribution >= 0.6 is 23.5 Å². The number of ketones is 2. The molecule has 0 aromatic heterocycles. The van der Waals surface area contributed by atoms with Crippen molar-refractivity contribution in [2.75, 3.05) is 12.9 Å². The van der Waals surface area contributed by atoms with E-state index in [-0.39, 0.29) is 35.3 Å². The van der Waals surface area contributed by atoms with Crippen LogP contribution in [-0.2, 0) is 9.53 Å². The number of carbonyl (C=O) groups excluding carboxylic acids is 3. The number of allylic oxidation sites excluding steroid dienone is 2. The lowest BCUT2D eigenvalue weighted by molar-refractivity contribution is -0.147. The van der Waals surface area contributed by atoms with Crippen LogP contribution in [0.2, 0.25) is 0 Å². The summed E-state index contributed by atoms with van der Waals surface area (Å²) in [5.41, 5.74) is 1.75. The number of fused-ring (bicyclic) bond motifs is 1. The van der Waals surface area contributed by atoms with Crippen LogP contribution in [0.1, 0.15) is 83.2 Å². The highest BCUT2D eigenvalue weighted by atomic mass is 32.2. The predicted molar refractivity (Wildman–Crippen MR) is 163 cm³/mol. The summed E-state index contributed by atoms with van der Waals surface area (Å²) in [5, 5.41) is 20.9. The molecule has 4 rings (SSSR count). The van der Waals surface area contributed by atoms with Crippen LogP contribution in [0.4, 0.5) is 0 Å². The van der Waals surface area contributed by atoms with E-state index in [0.717, 1.165) is 42.4 Å². The maximum absolute atomic E-state index is 13.3. The first-order valence-electron chi connectivity index (χ1n) is 13.8. The van der Waals surface area contributed by atoms with Gasteiger partial charge in [0.05, 0.1) is 22.8 Å². The van der Waals surface area contributed by atoms with Gasteiger partial charge in [0.1, 0.15) is 23.4 Å². The van der Waals surface area contributed by atoms with Crippen molar-refractivity contribution in [3.8, 4) is 17.2 Å². The molecule has 218 valence electrons. The predicted octanol–water partition coefficient (Wildman–Crippen LogP) is 7.18. The van der Waals surface area contributed by atoms with Gasteiger partial charge in [-0.25, -0.2) is 0 Å². The molecule has 0 saturated carbocycles. The summed E-state index contributed by atoms with van der Waals surface area (Å²) in [6.45, 7) is 3.78. The van der Waals surface area contributed by atoms with E-state index in [4.69, 9.17) is 9.47 Å². The third-order valence-electron chi connectivity index (χ3n) is 7.11. The van der Waals surface area contributed by atoms with Gasteiger partial charge in [-0.2, -0.15) is 0 Å². The number of rotatable bonds is 11. The Bertz CT molecular complexity index is 1340. The van der Waals surface area contributed by atoms with Gasteiger partial charge in [0.15, 0.2) is 11.6 Å². The Kier molecular flexibility index (Phi) is 10.6. The molecule has 41 heavy (non-hydrogen) atoms. The molecule has 1 fully saturated rings. The molecular weight excluding hydrogens is 560 g/mol. The molecule has 1 aliphatic heterocycles. The highest BCUT2D eigenvalue weighted by Gasteiger charge is 2.35. The molecule has 2 aromatic carbocycles. The molecule has 7 nitrogen and oxygen atoms in total. The summed E-state index contributed by atoms with van der Waals surface area (Å²) < 4.78 is 11.4. The van der Waals surface area contributed by atoms with Crippen LogP contribution in [0.25, 0.3) is 0 Å². The first-order chi connectivity index (χ1) is 19.7. The lowest BCUT2D eigenvalue weighted by Gasteiger charge is -2.29. The molecule has 1 heterocycles. The summed E-state index contributed by atoms with van der Waals surface area (Å²) in [4.78, 5) is 38.9. The highest BCUT2D eigenvalue weighted by Crippen LogP contribution is 2.48. The molecule has 9 heteroatoms. The number of benzene rings is 2. The Labute approximate surface area is 249 Å². The normalized spacial score (nSPS) is 19.1. The van der Waals surface area contributed by atoms with Crippen molar-refractivity contribution in [1.29, 1.82) is 0 Å². The summed E-state index contributed by atoms with van der Waals surface area (Å²) >= 11 is 3.94. The summed E-state index contributed by atoms with van der Waals surface area (Å²) in [6, 6.07) is 10.6. The molecule has 0 bridgehead atoms. The average Bonchev–Trinajstić information content (AvgIpc) is 2.96. The number of Topliss-reactive ketones (excluding diaryl/α,β-unsaturated/α-hetero) is 1. The second kappa shape index (κ2) is 14.1. The van der Waals surface area contributed by atoms with Crippen molar-refractivity contribution in [3.05, 3.63) is 76.4 Å². The first kappa shape index (κ1) is 30.8. The SMILES string of the molecule is COc1ccc(C2SCC[C@@H](CCCCC(=O)O[C@H](CC=C(C)C)C3=CC(=O)c4c(O)ccc(O)c4C3=O)S2)cc1. The average molecular weight is 597 g/mol. The zero-order valence-electron chi connectivity index (χ0n) is 23.6. The van der Waals surface area contributed by atoms with E-state index in [1.54, 1.807) is 7.11 Å². The van der Waals surface area contributed by atoms with E-state index in [9.17, 15) is 24.6 Å². The topological polar surface area (TPSA) is 110 Å². The molecule has 0 amide bonds. The van der Waals surface area contributed by atoms with Crippen LogP contribution in [-0.4, -0.2) is 52.0 Å². The molecule has 0 spiro atoms. The van der Waals surface area contributed by atoms with Crippen LogP contribution in [0.3, 0.4) is 0 Å². The van der Waals surface area contributed by atoms with Crippen molar-refractivity contribution in [3.63, 3.8) is 0 Å². The first-order valence-corrected chi connectivity index (χ1v) is 15.8. The minimum Gasteiger partial charge on any atom is -0.507 e. The number of phenolic OH excluding ortho intramolecular Hbond substituents is 2. The summed E-state index contributed by atoms with van der Waals surface area (Å²) in [5.74, 6) is -0.516. The van der Waals surface area contributed by atoms with Gasteiger partial charge in [0.25, 0.3) is 0 Å². The minimum absolute atomic E-state index is 0.00470. The van der Waals surface area contributed by atoms with E-state index in [0.29, 0.717) is 16.3 Å². The van der Waals surface area contributed by atoms with E-state index < -0.39 is 29.4 Å². The lowest BCUT2D eigenvalue weighted by Crippen LogP contribution is -2.29. The van der Waals surface area contributed by atoms with Gasteiger partial charge in [0, 0.05) is 23.7 Å². The van der Waals surface area contributed by atoms with Crippen LogP contribution in [0.15, 0.2) is 59.7 Å². The number of ether oxygens (including phenoxy) is 2. The zero-order chi connectivity index (χ0) is 29.5. The van der Waals surface area contributed by atoms with E-state index in [1.807, 2.05) is 55.6 Å². The molecule has 2 aliphatic rings. The number of thioether (sulfide) groups is 2. The molecular formula is C32H36O7S2. The molecule has 1 saturated heterocycles. The standard InChI is InChI=1S/C32H36O7S2/c1-19(2)8-15-27(23-18-26(35)29-24(33)13-14-25(34)30(29)31(23)37)39-28(36)7-5-4-6-22-16-17-40-32(41-22)20-9-11-21(38-3)12-10-20/h8-14,18,22,27,32-34H,4-7,15-17H2,1-3H3/t22-,27-,32?/m1/s1. The fraction of sp³-hybridized carbons (Fsp3) is 0.406. The zero-order valence-corrected chi connectivity index (χ0v) is 25.2. The van der Waals surface area contributed by atoms with Gasteiger partial charge in [-0.05, 0) is 74.8 Å². The quantitative estimate of drug-likeness (QED) is 0.121. The molecule has 3 atom stereocenters. The number of methoxy groups -OCH3 is 1. The number of carbonyl (C=O) groups is 3. The monoisotopic (exact) mass is 596 g/mol. The van der Waals surface area contributed by atoms with Crippen LogP contribution < -0.4 is 4.74 Å². The van der Waals surface area contributed by atoms with Crippen LogP contribution in [0, 0.1) is 0 Å². The summed E-state index contributed by atoms with van der Waals surface area (Å²) in [7, 11) is 1.67. The van der Waals surface area contributed by atoms with Crippen molar-refractivity contribution >= 4 is 41.1 Å². The largest absolute Gasteiger partial charge is 0.507 e. The maximum atomic E-state index is 13.3. The van der Waals surface area contributed by atoms with Crippen LogP contribution in [0.5, 0.6) is 17.2 Å². The van der Waals surface area contributed by atoms with Gasteiger partial charge in [0.2, 0.25) is 0 Å². The maximum Gasteiger partial charge on any atom is 0.306 e. The molecule has 1 aliphatic carbocycles. The van der Waals surface area contributed by atoms with E-state index in [2.05, 4.69) is 12.1 Å². The third kappa shape index (κ3) is 7.77. The number of hydrogen-bond acceptors (Lipinski definition) is 9. The molecule has 0 radical (unpaired) electrons. The van der Waals surface area contributed by atoms with E-state index in [1.165, 1.54) is 17.7 Å². The smallest absolute Gasteiger partial charge is 0.306 e. The third-order valence-corrected chi connectivity index (χ3v) is 10.3. The van der Waals surface area contributed by atoms with Gasteiger partial charge in [-0.1, -0.05) is 30.2 Å². The van der Waals surface area contributed by atoms with Gasteiger partial charge >= 0.3 is 5.97 Å². The molecule has 1 unspecified atom stereocenters. The lowest BCUT2D eigenvalue weighted by atomic mass is 9.85. The Morgan fingerprint density at radius 1 is 1.05 bits per heavy atom. The Balaban J connectivity index is 1.33. The Hall–Kier alpha value is -3.17. The number of unbranched alkanes of at least 4 members (excludes halogenated alkanes) is 1. The van der Waals surface area contributed by atoms with Crippen molar-refractivity contribution in [1.82, 2.24) is 0 Å². The summed E-state index contributed by atoms with van der Waals surface area (Å²) in [6.07, 6.45) is 6.08. The van der Waals surface area contributed by atoms with Crippen molar-refractivity contribution in [2.24, 2.45) is 0 Å². The molecule has 2 N–H and O–H groups in total. The Morgan fingerprint density at radius 3 is 2.44 bits per heavy atom. The fourth-order valence-corrected chi connectivity index (χ4v) is 8.33. The number of phenols is 2. The highest BCUT2D eigenvalue weighted by molar-refractivity contribution is 8.17. The second-order valence-corrected chi connectivity index (χ2v) is 13.3. The number of esters is 1. The number of hydrogen-bond donors (Lipinski definition) is 2. The second-order valence-electron chi connectivity index (χ2n) is 10.4. The Morgan fingerprint density at radius 2 is 1.76 bits per heavy atom. The van der Waals surface area contributed by atoms with Gasteiger partial charge in [-0.3, -0.25) is 14.4 Å². The number of aromatic hydroxyl groups is 2. The van der Waals surface area contributed by atoms with Crippen molar-refractivity contribution < 1.29 is 34.1 Å². The fourth-order valence-electron chi connectivity index (χ4n) is 4.90.